The average Bonchev–Trinajstić information content (AvgIpc) is 3.31. The monoisotopic (exact) mass is 912 g/mol. The van der Waals surface area contributed by atoms with Gasteiger partial charge in [-0.05, 0) is 89.9 Å². The van der Waals surface area contributed by atoms with Gasteiger partial charge in [0.25, 0.3) is 0 Å². The molecule has 0 aromatic heterocycles. The lowest BCUT2D eigenvalue weighted by Crippen LogP contribution is -2.45. The quantitative estimate of drug-likeness (QED) is 0.0321. The van der Waals surface area contributed by atoms with Crippen molar-refractivity contribution in [1.82, 2.24) is 5.32 Å². The molecular weight excluding hydrogens is 803 g/mol. The molecule has 0 aliphatic carbocycles. The van der Waals surface area contributed by atoms with E-state index < -0.39 is 12.1 Å². The molecule has 0 saturated heterocycles. The zero-order valence-corrected chi connectivity index (χ0v) is 43.2. The Kier molecular flexibility index (Phi) is 52.6. The Morgan fingerprint density at radius 1 is 0.431 bits per heavy atom. The molecule has 0 aliphatic heterocycles. The van der Waals surface area contributed by atoms with Crippen LogP contribution in [0.4, 0.5) is 0 Å². The van der Waals surface area contributed by atoms with Gasteiger partial charge in [-0.15, -0.1) is 0 Å². The first-order valence-electron chi connectivity index (χ1n) is 28.4. The molecule has 0 saturated carbocycles. The lowest BCUT2D eigenvalue weighted by molar-refractivity contribution is -0.143. The molecule has 6 nitrogen and oxygen atoms in total. The van der Waals surface area contributed by atoms with Gasteiger partial charge in [0.2, 0.25) is 5.91 Å². The van der Waals surface area contributed by atoms with E-state index in [1.165, 1.54) is 161 Å². The van der Waals surface area contributed by atoms with Crippen molar-refractivity contribution in [3.8, 4) is 0 Å². The summed E-state index contributed by atoms with van der Waals surface area (Å²) in [4.78, 5) is 24.5. The van der Waals surface area contributed by atoms with E-state index in [4.69, 9.17) is 4.74 Å². The van der Waals surface area contributed by atoms with Crippen molar-refractivity contribution < 1.29 is 24.5 Å². The van der Waals surface area contributed by atoms with Crippen LogP contribution in [0.5, 0.6) is 0 Å². The normalized spacial score (nSPS) is 13.0. The van der Waals surface area contributed by atoms with Crippen molar-refractivity contribution in [2.45, 2.75) is 302 Å². The Labute approximate surface area is 404 Å². The highest BCUT2D eigenvalue weighted by Crippen LogP contribution is 2.16. The van der Waals surface area contributed by atoms with Crippen LogP contribution < -0.4 is 5.32 Å². The number of esters is 1. The van der Waals surface area contributed by atoms with Crippen LogP contribution in [0.25, 0.3) is 0 Å². The molecule has 0 fully saturated rings. The van der Waals surface area contributed by atoms with Crippen molar-refractivity contribution in [3.63, 3.8) is 0 Å². The van der Waals surface area contributed by atoms with Crippen LogP contribution in [0.2, 0.25) is 0 Å². The van der Waals surface area contributed by atoms with Gasteiger partial charge in [0, 0.05) is 12.8 Å². The van der Waals surface area contributed by atoms with Gasteiger partial charge in [0.15, 0.2) is 0 Å². The lowest BCUT2D eigenvalue weighted by Gasteiger charge is -2.20. The molecule has 0 aliphatic rings. The molecule has 0 spiro atoms. The number of hydrogen-bond acceptors (Lipinski definition) is 5. The molecule has 65 heavy (non-hydrogen) atoms. The summed E-state index contributed by atoms with van der Waals surface area (Å²) >= 11 is 0. The number of carbonyl (C=O) groups is 2. The minimum atomic E-state index is -0.863. The second kappa shape index (κ2) is 54.4. The summed E-state index contributed by atoms with van der Waals surface area (Å²) in [6.07, 6.45) is 68.4. The maximum absolute atomic E-state index is 12.5. The fraction of sp³-hybridized carbons (Fsp3) is 0.831. The van der Waals surface area contributed by atoms with E-state index in [9.17, 15) is 19.8 Å². The minimum absolute atomic E-state index is 0.0399. The van der Waals surface area contributed by atoms with Gasteiger partial charge in [-0.2, -0.15) is 0 Å². The summed E-state index contributed by atoms with van der Waals surface area (Å²) in [7, 11) is 0. The predicted molar refractivity (Wildman–Crippen MR) is 282 cm³/mol. The highest BCUT2D eigenvalue weighted by Gasteiger charge is 2.18. The third kappa shape index (κ3) is 51.1. The Hall–Kier alpha value is -2.18. The van der Waals surface area contributed by atoms with E-state index in [0.29, 0.717) is 19.4 Å². The Balaban J connectivity index is 3.55. The number of ether oxygens (including phenoxy) is 1. The third-order valence-electron chi connectivity index (χ3n) is 12.8. The van der Waals surface area contributed by atoms with E-state index in [2.05, 4.69) is 55.6 Å². The lowest BCUT2D eigenvalue weighted by atomic mass is 10.0. The first kappa shape index (κ1) is 62.8. The van der Waals surface area contributed by atoms with Gasteiger partial charge in [0.05, 0.1) is 25.4 Å². The number of aliphatic hydroxyl groups is 2. The number of aliphatic hydroxyl groups excluding tert-OH is 2. The molecular formula is C59H109NO5. The molecule has 0 rings (SSSR count). The first-order chi connectivity index (χ1) is 32.0. The van der Waals surface area contributed by atoms with Gasteiger partial charge in [-0.25, -0.2) is 0 Å². The Morgan fingerprint density at radius 3 is 1.25 bits per heavy atom. The molecule has 0 bridgehead atoms. The van der Waals surface area contributed by atoms with Crippen molar-refractivity contribution >= 4 is 11.9 Å². The van der Waals surface area contributed by atoms with Gasteiger partial charge in [-0.3, -0.25) is 9.59 Å². The summed E-state index contributed by atoms with van der Waals surface area (Å²) in [5.74, 6) is -0.133. The molecule has 380 valence electrons. The maximum atomic E-state index is 12.5. The topological polar surface area (TPSA) is 95.9 Å². The highest BCUT2D eigenvalue weighted by molar-refractivity contribution is 5.76. The van der Waals surface area contributed by atoms with Crippen molar-refractivity contribution in [2.24, 2.45) is 0 Å². The standard InChI is InChI=1S/C59H109NO5/c1-3-5-7-9-11-13-15-17-18-19-20-21-22-23-24-25-26-28-31-35-39-43-47-51-57(62)56(55-61)60-58(63)52-48-44-40-36-32-29-30-34-38-42-46-50-54-65-59(64)53-49-45-41-37-33-27-16-14-12-10-8-6-4-2/h8,10,14,16,30,34,47,51,56-57,61-62H,3-7,9,11-13,15,17-29,31-33,35-46,48-50,52-55H2,1-2H3,(H,60,63)/b10-8-,16-14-,34-30-,51-47+. The fourth-order valence-corrected chi connectivity index (χ4v) is 8.43. The van der Waals surface area contributed by atoms with E-state index in [0.717, 1.165) is 103 Å². The van der Waals surface area contributed by atoms with Crippen LogP contribution in [-0.2, 0) is 14.3 Å². The first-order valence-corrected chi connectivity index (χ1v) is 28.4. The van der Waals surface area contributed by atoms with Crippen LogP contribution in [-0.4, -0.2) is 47.4 Å². The number of amides is 1. The second-order valence-corrected chi connectivity index (χ2v) is 19.3. The molecule has 0 radical (unpaired) electrons. The zero-order chi connectivity index (χ0) is 47.2. The van der Waals surface area contributed by atoms with Crippen molar-refractivity contribution in [3.05, 3.63) is 48.6 Å². The number of unbranched alkanes of at least 4 members (excludes halogenated alkanes) is 35. The molecule has 2 atom stereocenters. The fourth-order valence-electron chi connectivity index (χ4n) is 8.43. The molecule has 0 aromatic carbocycles. The zero-order valence-electron chi connectivity index (χ0n) is 43.2. The third-order valence-corrected chi connectivity index (χ3v) is 12.8. The van der Waals surface area contributed by atoms with Gasteiger partial charge < -0.3 is 20.3 Å². The van der Waals surface area contributed by atoms with E-state index in [-0.39, 0.29) is 18.5 Å². The average molecular weight is 913 g/mol. The largest absolute Gasteiger partial charge is 0.466 e. The van der Waals surface area contributed by atoms with Gasteiger partial charge in [-0.1, -0.05) is 236 Å². The number of hydrogen-bond donors (Lipinski definition) is 3. The number of allylic oxidation sites excluding steroid dienone is 7. The molecule has 2 unspecified atom stereocenters. The maximum Gasteiger partial charge on any atom is 0.305 e. The highest BCUT2D eigenvalue weighted by atomic mass is 16.5. The van der Waals surface area contributed by atoms with Crippen LogP contribution in [0, 0.1) is 0 Å². The number of rotatable bonds is 52. The number of carbonyl (C=O) groups excluding carboxylic acids is 2. The van der Waals surface area contributed by atoms with Crippen LogP contribution >= 0.6 is 0 Å². The smallest absolute Gasteiger partial charge is 0.305 e. The van der Waals surface area contributed by atoms with Crippen LogP contribution in [0.1, 0.15) is 290 Å². The summed E-state index contributed by atoms with van der Waals surface area (Å²) in [6.45, 7) is 4.78. The van der Waals surface area contributed by atoms with Crippen molar-refractivity contribution in [1.29, 1.82) is 0 Å². The minimum Gasteiger partial charge on any atom is -0.466 e. The predicted octanol–water partition coefficient (Wildman–Crippen LogP) is 17.4. The molecule has 0 heterocycles. The Morgan fingerprint density at radius 2 is 0.800 bits per heavy atom. The van der Waals surface area contributed by atoms with E-state index in [1.807, 2.05) is 6.08 Å². The summed E-state index contributed by atoms with van der Waals surface area (Å²) in [5, 5.41) is 23.2. The van der Waals surface area contributed by atoms with Gasteiger partial charge >= 0.3 is 5.97 Å². The Bertz CT molecular complexity index is 1100. The van der Waals surface area contributed by atoms with Crippen LogP contribution in [0.15, 0.2) is 48.6 Å². The molecule has 6 heteroatoms. The SMILES string of the molecule is CCC/C=C\C/C=C\CCCCCCCC(=O)OCCCCC/C=C\CCCCCCCC(=O)NC(CO)C(O)/C=C/CCCCCCCCCCCCCCCCCCCCCCC. The summed E-state index contributed by atoms with van der Waals surface area (Å²) < 4.78 is 5.43. The molecule has 3 N–H and O–H groups in total. The summed E-state index contributed by atoms with van der Waals surface area (Å²) in [5.41, 5.74) is 0. The van der Waals surface area contributed by atoms with E-state index >= 15 is 0 Å². The van der Waals surface area contributed by atoms with Crippen molar-refractivity contribution in [2.75, 3.05) is 13.2 Å². The number of nitrogens with one attached hydrogen (secondary N) is 1. The van der Waals surface area contributed by atoms with Gasteiger partial charge in [0.1, 0.15) is 0 Å². The second-order valence-electron chi connectivity index (χ2n) is 19.3. The van der Waals surface area contributed by atoms with Crippen LogP contribution in [0.3, 0.4) is 0 Å². The molecule has 0 aromatic rings. The summed E-state index contributed by atoms with van der Waals surface area (Å²) in [6, 6.07) is -0.649. The molecule has 1 amide bonds. The van der Waals surface area contributed by atoms with E-state index in [1.54, 1.807) is 6.08 Å².